The smallest absolute Gasteiger partial charge is 0.127 e. The second kappa shape index (κ2) is 13.2. The molecule has 0 amide bonds. The van der Waals surface area contributed by atoms with E-state index in [0.717, 1.165) is 17.8 Å². The van der Waals surface area contributed by atoms with Crippen molar-refractivity contribution in [1.82, 2.24) is 4.90 Å². The summed E-state index contributed by atoms with van der Waals surface area (Å²) in [7, 11) is 0. The van der Waals surface area contributed by atoms with Crippen molar-refractivity contribution in [3.05, 3.63) is 180 Å². The van der Waals surface area contributed by atoms with Crippen molar-refractivity contribution in [3.63, 3.8) is 0 Å². The number of anilines is 3. The molecule has 0 saturated heterocycles. The summed E-state index contributed by atoms with van der Waals surface area (Å²) in [5.74, 6) is 0.949. The molecule has 0 saturated carbocycles. The topological polar surface area (TPSA) is 43.6 Å². The summed E-state index contributed by atoms with van der Waals surface area (Å²) in [5, 5.41) is 2.48. The predicted octanol–water partition coefficient (Wildman–Crippen LogP) is 11.8. The molecule has 5 aliphatic heterocycles. The van der Waals surface area contributed by atoms with Crippen LogP contribution in [0.1, 0.15) is 48.4 Å². The molecule has 0 N–H and O–H groups in total. The third-order valence-electron chi connectivity index (χ3n) is 12.7. The maximum absolute atomic E-state index is 5.42. The van der Waals surface area contributed by atoms with Crippen LogP contribution < -0.4 is 4.90 Å². The summed E-state index contributed by atoms with van der Waals surface area (Å²) in [6, 6.07) is 40.9. The van der Waals surface area contributed by atoms with E-state index in [9.17, 15) is 0 Å². The van der Waals surface area contributed by atoms with E-state index in [4.69, 9.17) is 9.98 Å². The molecule has 1 aliphatic carbocycles. The van der Waals surface area contributed by atoms with E-state index < -0.39 is 0 Å². The highest BCUT2D eigenvalue weighted by Crippen LogP contribution is 2.57. The fourth-order valence-electron chi connectivity index (χ4n) is 10.1. The third-order valence-corrected chi connectivity index (χ3v) is 12.7. The highest BCUT2D eigenvalue weighted by atomic mass is 15.3. The minimum Gasteiger partial charge on any atom is -0.341 e. The number of aliphatic imine (C=N–C) groups is 3. The number of hydrogen-bond acceptors (Lipinski definition) is 5. The number of allylic oxidation sites excluding steroid dienone is 3. The molecule has 0 radical (unpaired) electrons. The molecule has 5 aromatic carbocycles. The Balaban J connectivity index is 1.02. The first kappa shape index (κ1) is 33.0. The number of hydrogen-bond donors (Lipinski definition) is 0. The zero-order valence-electron chi connectivity index (χ0n) is 31.7. The molecule has 6 aliphatic rings. The Hall–Kier alpha value is -6.33. The normalized spacial score (nSPS) is 26.8. The Kier molecular flexibility index (Phi) is 7.77. The lowest BCUT2D eigenvalue weighted by Crippen LogP contribution is -2.44. The van der Waals surface area contributed by atoms with E-state index >= 15 is 0 Å². The third kappa shape index (κ3) is 5.17. The summed E-state index contributed by atoms with van der Waals surface area (Å²) in [6.07, 6.45) is 23.0. The number of rotatable bonds is 4. The van der Waals surface area contributed by atoms with Crippen LogP contribution in [-0.4, -0.2) is 41.8 Å². The molecule has 5 heterocycles. The minimum atomic E-state index is -0.0506. The van der Waals surface area contributed by atoms with Crippen molar-refractivity contribution >= 4 is 63.4 Å². The van der Waals surface area contributed by atoms with Crippen molar-refractivity contribution in [3.8, 4) is 0 Å². The van der Waals surface area contributed by atoms with Gasteiger partial charge in [0.2, 0.25) is 0 Å². The molecule has 5 heteroatoms. The van der Waals surface area contributed by atoms with Gasteiger partial charge in [0.15, 0.2) is 0 Å². The molecular formula is C51H43N5. The monoisotopic (exact) mass is 725 g/mol. The van der Waals surface area contributed by atoms with Crippen molar-refractivity contribution < 1.29 is 0 Å². The zero-order valence-corrected chi connectivity index (χ0v) is 31.7. The molecular weight excluding hydrogens is 683 g/mol. The lowest BCUT2D eigenvalue weighted by atomic mass is 9.85. The Labute approximate surface area is 328 Å². The van der Waals surface area contributed by atoms with Crippen LogP contribution in [0.2, 0.25) is 0 Å². The van der Waals surface area contributed by atoms with Crippen LogP contribution in [0.3, 0.4) is 0 Å². The number of benzene rings is 5. The van der Waals surface area contributed by atoms with E-state index in [1.807, 2.05) is 6.21 Å². The largest absolute Gasteiger partial charge is 0.341 e. The van der Waals surface area contributed by atoms with Gasteiger partial charge >= 0.3 is 0 Å². The van der Waals surface area contributed by atoms with Crippen LogP contribution in [-0.2, 0) is 0 Å². The Morgan fingerprint density at radius 2 is 1.43 bits per heavy atom. The van der Waals surface area contributed by atoms with E-state index in [0.29, 0.717) is 5.92 Å². The second-order valence-electron chi connectivity index (χ2n) is 15.9. The highest BCUT2D eigenvalue weighted by molar-refractivity contribution is 6.06. The van der Waals surface area contributed by atoms with Gasteiger partial charge in [0.05, 0.1) is 34.8 Å². The Bertz CT molecular complexity index is 2670. The first-order chi connectivity index (χ1) is 27.6. The van der Waals surface area contributed by atoms with Crippen LogP contribution in [0.25, 0.3) is 22.0 Å². The van der Waals surface area contributed by atoms with Crippen molar-refractivity contribution in [2.75, 3.05) is 4.90 Å². The SMILES string of the molecule is CC1C=C(C2C=CC=NC2C)C=NC1N1C2=C(c3ccccc3N(c3ccc4cc(C5CC=Nc6ccccc65)ccc4c3)c3ccccc32)C2C=CC=CC21. The van der Waals surface area contributed by atoms with Crippen LogP contribution in [0.4, 0.5) is 22.7 Å². The van der Waals surface area contributed by atoms with Gasteiger partial charge in [-0.1, -0.05) is 122 Å². The number of para-hydroxylation sites is 3. The van der Waals surface area contributed by atoms with Crippen molar-refractivity contribution in [2.24, 2.45) is 32.7 Å². The molecule has 7 atom stereocenters. The molecule has 0 aromatic heterocycles. The maximum atomic E-state index is 5.42. The second-order valence-corrected chi connectivity index (χ2v) is 15.9. The lowest BCUT2D eigenvalue weighted by Gasteiger charge is -2.40. The number of nitrogens with zero attached hydrogens (tertiary/aromatic N) is 5. The van der Waals surface area contributed by atoms with Gasteiger partial charge in [-0.2, -0.15) is 0 Å². The molecule has 5 aromatic rings. The maximum Gasteiger partial charge on any atom is 0.127 e. The van der Waals surface area contributed by atoms with Crippen molar-refractivity contribution in [2.45, 2.75) is 44.4 Å². The standard InChI is InChI=1S/C51H43N5/c1-32-28-37(39-16-11-26-52-33(39)2)31-54-51(32)56-47-19-9-5-14-43(47)49-42-13-4-8-18-46(42)55(48-20-10-6-15-44(48)50(49)56)38-24-23-34-29-36(22-21-35(34)30-38)40-25-27-53-45-17-7-3-12-41(40)45/h3-24,26-33,39-40,43,47,51H,25H2,1-2H3. The predicted molar refractivity (Wildman–Crippen MR) is 234 cm³/mol. The molecule has 0 bridgehead atoms. The van der Waals surface area contributed by atoms with Gasteiger partial charge in [0.1, 0.15) is 6.17 Å². The molecule has 7 unspecified atom stereocenters. The van der Waals surface area contributed by atoms with Gasteiger partial charge in [-0.3, -0.25) is 15.0 Å². The summed E-state index contributed by atoms with van der Waals surface area (Å²) < 4.78 is 0. The van der Waals surface area contributed by atoms with Gasteiger partial charge in [-0.15, -0.1) is 0 Å². The molecule has 5 nitrogen and oxygen atoms in total. The van der Waals surface area contributed by atoms with Crippen LogP contribution in [0, 0.1) is 17.8 Å². The van der Waals surface area contributed by atoms with Crippen molar-refractivity contribution in [1.29, 1.82) is 0 Å². The quantitative estimate of drug-likeness (QED) is 0.185. The van der Waals surface area contributed by atoms with Gasteiger partial charge < -0.3 is 9.80 Å². The molecule has 11 rings (SSSR count). The zero-order chi connectivity index (χ0) is 37.3. The summed E-state index contributed by atoms with van der Waals surface area (Å²) in [5.41, 5.74) is 13.7. The fraction of sp³-hybridized carbons (Fsp3) is 0.196. The molecule has 272 valence electrons. The number of fused-ring (bicyclic) bond motifs is 8. The first-order valence-corrected chi connectivity index (χ1v) is 20.1. The van der Waals surface area contributed by atoms with Gasteiger partial charge in [0, 0.05) is 59.1 Å². The summed E-state index contributed by atoms with van der Waals surface area (Å²) in [4.78, 5) is 19.9. The molecule has 0 fully saturated rings. The van der Waals surface area contributed by atoms with Gasteiger partial charge in [-0.25, -0.2) is 0 Å². The van der Waals surface area contributed by atoms with E-state index in [1.165, 1.54) is 61.2 Å². The van der Waals surface area contributed by atoms with Gasteiger partial charge in [0.25, 0.3) is 0 Å². The number of dihydropyridines is 2. The summed E-state index contributed by atoms with van der Waals surface area (Å²) in [6.45, 7) is 4.53. The average Bonchev–Trinajstić information content (AvgIpc) is 3.52. The fourth-order valence-corrected chi connectivity index (χ4v) is 10.1. The molecule has 0 spiro atoms. The van der Waals surface area contributed by atoms with Gasteiger partial charge in [-0.05, 0) is 82.8 Å². The van der Waals surface area contributed by atoms with E-state index in [2.05, 4.69) is 193 Å². The summed E-state index contributed by atoms with van der Waals surface area (Å²) >= 11 is 0. The average molecular weight is 726 g/mol. The molecule has 56 heavy (non-hydrogen) atoms. The Morgan fingerprint density at radius 1 is 0.679 bits per heavy atom. The highest BCUT2D eigenvalue weighted by Gasteiger charge is 2.47. The minimum absolute atomic E-state index is 0.0506. The van der Waals surface area contributed by atoms with E-state index in [1.54, 1.807) is 0 Å². The van der Waals surface area contributed by atoms with Crippen LogP contribution >= 0.6 is 0 Å². The first-order valence-electron chi connectivity index (χ1n) is 20.1. The van der Waals surface area contributed by atoms with Crippen LogP contribution in [0.5, 0.6) is 0 Å². The van der Waals surface area contributed by atoms with E-state index in [-0.39, 0.29) is 36.0 Å². The lowest BCUT2D eigenvalue weighted by molar-refractivity contribution is 0.218. The van der Waals surface area contributed by atoms with Crippen LogP contribution in [0.15, 0.2) is 172 Å². The Morgan fingerprint density at radius 3 is 2.30 bits per heavy atom.